The molecule has 0 saturated heterocycles. The van der Waals surface area contributed by atoms with Crippen molar-refractivity contribution in [3.8, 4) is 0 Å². The summed E-state index contributed by atoms with van der Waals surface area (Å²) >= 11 is 10.3. The van der Waals surface area contributed by atoms with Crippen molar-refractivity contribution in [2.24, 2.45) is 0 Å². The molecule has 1 aromatic carbocycles. The molecule has 0 aliphatic heterocycles. The largest absolute Gasteiger partial charge is 0.382 e. The SMILES string of the molecule is CC.CCC.CCCNc1c(N(C)C)c(=S)c1=S.[HH]. The van der Waals surface area contributed by atoms with Crippen LogP contribution in [0.3, 0.4) is 0 Å². The van der Waals surface area contributed by atoms with E-state index in [1.54, 1.807) is 0 Å². The predicted octanol–water partition coefficient (Wildman–Crippen LogP) is 5.60. The van der Waals surface area contributed by atoms with E-state index in [2.05, 4.69) is 26.1 Å². The highest BCUT2D eigenvalue weighted by Crippen LogP contribution is 2.34. The van der Waals surface area contributed by atoms with E-state index in [0.29, 0.717) is 0 Å². The third-order valence-electron chi connectivity index (χ3n) is 1.88. The minimum atomic E-state index is 0. The van der Waals surface area contributed by atoms with Crippen molar-refractivity contribution in [1.29, 1.82) is 0 Å². The van der Waals surface area contributed by atoms with Crippen LogP contribution in [-0.4, -0.2) is 20.6 Å². The molecular formula is C14H30N2S2. The number of hydrogen-bond donors (Lipinski definition) is 1. The van der Waals surface area contributed by atoms with Gasteiger partial charge in [-0.05, 0) is 6.42 Å². The number of nitrogens with one attached hydrogen (secondary N) is 1. The molecule has 0 bridgehead atoms. The fraction of sp³-hybridized carbons (Fsp3) is 0.714. The summed E-state index contributed by atoms with van der Waals surface area (Å²) in [6.07, 6.45) is 2.35. The third-order valence-corrected chi connectivity index (χ3v) is 2.82. The molecule has 0 unspecified atom stereocenters. The van der Waals surface area contributed by atoms with E-state index in [4.69, 9.17) is 24.4 Å². The summed E-state index contributed by atoms with van der Waals surface area (Å²) in [6, 6.07) is 0. The zero-order valence-corrected chi connectivity index (χ0v) is 14.5. The standard InChI is InChI=1S/C9H14N2S2.C3H8.C2H6.H2/c1-4-5-10-6-7(11(2)3)9(13)8(6)12;1-3-2;1-2;/h10H,4-5H2,1-3H3;3H2,1-2H3;1-2H3;1H. The van der Waals surface area contributed by atoms with Gasteiger partial charge in [-0.25, -0.2) is 0 Å². The minimum absolute atomic E-state index is 0. The third kappa shape index (κ3) is 5.91. The molecule has 0 aliphatic rings. The summed E-state index contributed by atoms with van der Waals surface area (Å²) in [4.78, 5) is 2.01. The van der Waals surface area contributed by atoms with E-state index in [1.165, 1.54) is 6.42 Å². The van der Waals surface area contributed by atoms with E-state index in [9.17, 15) is 0 Å². The summed E-state index contributed by atoms with van der Waals surface area (Å²) in [5.74, 6) is 0. The monoisotopic (exact) mass is 290 g/mol. The van der Waals surface area contributed by atoms with Gasteiger partial charge in [0.25, 0.3) is 0 Å². The highest BCUT2D eigenvalue weighted by atomic mass is 32.1. The predicted molar refractivity (Wildman–Crippen MR) is 93.0 cm³/mol. The molecule has 1 N–H and O–H groups in total. The Hall–Kier alpha value is -0.480. The van der Waals surface area contributed by atoms with Crippen LogP contribution in [0.1, 0.15) is 48.9 Å². The summed E-state index contributed by atoms with van der Waals surface area (Å²) in [5.41, 5.74) is 2.13. The minimum Gasteiger partial charge on any atom is -0.382 e. The fourth-order valence-corrected chi connectivity index (χ4v) is 1.87. The molecule has 0 spiro atoms. The molecular weight excluding hydrogens is 260 g/mol. The second kappa shape index (κ2) is 11.6. The number of rotatable bonds is 4. The highest BCUT2D eigenvalue weighted by molar-refractivity contribution is 7.74. The molecule has 1 rings (SSSR count). The van der Waals surface area contributed by atoms with E-state index >= 15 is 0 Å². The normalized spacial score (nSPS) is 8.83. The first-order chi connectivity index (χ1) is 8.51. The summed E-state index contributed by atoms with van der Waals surface area (Å²) < 4.78 is 1.63. The van der Waals surface area contributed by atoms with Gasteiger partial charge in [0.2, 0.25) is 0 Å². The van der Waals surface area contributed by atoms with Crippen molar-refractivity contribution in [1.82, 2.24) is 0 Å². The quantitative estimate of drug-likeness (QED) is 0.726. The Bertz CT molecular complexity index is 383. The Morgan fingerprint density at radius 1 is 1.06 bits per heavy atom. The van der Waals surface area contributed by atoms with Gasteiger partial charge in [-0.3, -0.25) is 0 Å². The average Bonchev–Trinajstić information content (AvgIpc) is 2.36. The van der Waals surface area contributed by atoms with Crippen molar-refractivity contribution >= 4 is 35.8 Å². The van der Waals surface area contributed by atoms with Gasteiger partial charge in [0.05, 0.1) is 20.4 Å². The van der Waals surface area contributed by atoms with E-state index < -0.39 is 0 Å². The first-order valence-electron chi connectivity index (χ1n) is 6.75. The zero-order chi connectivity index (χ0) is 14.7. The van der Waals surface area contributed by atoms with Crippen LogP contribution in [0.25, 0.3) is 0 Å². The summed E-state index contributed by atoms with van der Waals surface area (Å²) in [5, 5.41) is 3.29. The molecule has 0 fully saturated rings. The van der Waals surface area contributed by atoms with Gasteiger partial charge in [0.1, 0.15) is 0 Å². The van der Waals surface area contributed by atoms with Gasteiger partial charge in [-0.1, -0.05) is 65.5 Å². The molecule has 0 amide bonds. The lowest BCUT2D eigenvalue weighted by Crippen LogP contribution is -2.16. The van der Waals surface area contributed by atoms with Gasteiger partial charge >= 0.3 is 0 Å². The second-order valence-electron chi connectivity index (χ2n) is 3.91. The Morgan fingerprint density at radius 3 is 1.83 bits per heavy atom. The number of hydrogen-bond acceptors (Lipinski definition) is 4. The first kappa shape index (κ1) is 19.9. The Morgan fingerprint density at radius 2 is 1.50 bits per heavy atom. The lowest BCUT2D eigenvalue weighted by Gasteiger charge is -2.21. The van der Waals surface area contributed by atoms with Gasteiger partial charge in [0, 0.05) is 22.1 Å². The smallest absolute Gasteiger partial charge is 0.0834 e. The molecule has 18 heavy (non-hydrogen) atoms. The second-order valence-corrected chi connectivity index (χ2v) is 4.73. The lowest BCUT2D eigenvalue weighted by atomic mass is 10.2. The van der Waals surface area contributed by atoms with Gasteiger partial charge in [-0.15, -0.1) is 0 Å². The van der Waals surface area contributed by atoms with E-state index in [1.807, 2.05) is 32.8 Å². The Balaban J connectivity index is -0.000000376. The molecule has 0 heterocycles. The maximum Gasteiger partial charge on any atom is 0.0834 e. The molecule has 4 heteroatoms. The first-order valence-corrected chi connectivity index (χ1v) is 7.57. The maximum atomic E-state index is 5.15. The van der Waals surface area contributed by atoms with Crippen LogP contribution in [0.4, 0.5) is 11.4 Å². The molecule has 0 radical (unpaired) electrons. The van der Waals surface area contributed by atoms with Crippen molar-refractivity contribution < 1.29 is 1.43 Å². The topological polar surface area (TPSA) is 15.3 Å². The van der Waals surface area contributed by atoms with Crippen molar-refractivity contribution in [3.05, 3.63) is 9.02 Å². The van der Waals surface area contributed by atoms with Crippen LogP contribution < -0.4 is 10.2 Å². The van der Waals surface area contributed by atoms with Crippen molar-refractivity contribution in [2.75, 3.05) is 30.9 Å². The molecule has 2 nitrogen and oxygen atoms in total. The van der Waals surface area contributed by atoms with Crippen LogP contribution in [0, 0.1) is 9.02 Å². The lowest BCUT2D eigenvalue weighted by molar-refractivity contribution is 0.972. The van der Waals surface area contributed by atoms with Gasteiger partial charge in [0.15, 0.2) is 0 Å². The van der Waals surface area contributed by atoms with Crippen LogP contribution in [0.5, 0.6) is 0 Å². The molecule has 0 saturated carbocycles. The molecule has 0 atom stereocenters. The van der Waals surface area contributed by atoms with E-state index in [0.717, 1.165) is 33.4 Å². The summed E-state index contributed by atoms with van der Waals surface area (Å²) in [7, 11) is 3.97. The van der Waals surface area contributed by atoms with Crippen molar-refractivity contribution in [3.63, 3.8) is 0 Å². The number of anilines is 2. The van der Waals surface area contributed by atoms with Crippen LogP contribution in [0.2, 0.25) is 0 Å². The molecule has 108 valence electrons. The van der Waals surface area contributed by atoms with E-state index in [-0.39, 0.29) is 1.43 Å². The van der Waals surface area contributed by atoms with Crippen LogP contribution in [0.15, 0.2) is 0 Å². The average molecular weight is 291 g/mol. The molecule has 0 aromatic heterocycles. The summed E-state index contributed by atoms with van der Waals surface area (Å²) in [6.45, 7) is 11.3. The van der Waals surface area contributed by atoms with Gasteiger partial charge < -0.3 is 10.2 Å². The van der Waals surface area contributed by atoms with Crippen LogP contribution in [-0.2, 0) is 0 Å². The van der Waals surface area contributed by atoms with Crippen LogP contribution >= 0.6 is 24.4 Å². The Labute approximate surface area is 125 Å². The van der Waals surface area contributed by atoms with Gasteiger partial charge in [-0.2, -0.15) is 0 Å². The highest BCUT2D eigenvalue weighted by Gasteiger charge is 2.15. The number of nitrogens with zero attached hydrogens (tertiary/aromatic N) is 1. The Kier molecular flexibility index (Phi) is 12.8. The zero-order valence-electron chi connectivity index (χ0n) is 12.9. The fourth-order valence-electron chi connectivity index (χ4n) is 1.22. The maximum absolute atomic E-state index is 5.15. The molecule has 1 aromatic rings. The molecule has 0 aliphatic carbocycles. The van der Waals surface area contributed by atoms with Crippen molar-refractivity contribution in [2.45, 2.75) is 47.5 Å².